The summed E-state index contributed by atoms with van der Waals surface area (Å²) in [5, 5.41) is 3.17. The molecule has 0 unspecified atom stereocenters. The topological polar surface area (TPSA) is 29.1 Å². The van der Waals surface area contributed by atoms with Gasteiger partial charge in [-0.1, -0.05) is 42.3 Å². The number of rotatable bonds is 4. The van der Waals surface area contributed by atoms with E-state index in [1.807, 2.05) is 32.9 Å². The fraction of sp³-hybridized carbons (Fsp3) is 0.278. The van der Waals surface area contributed by atoms with Crippen LogP contribution in [0.3, 0.4) is 0 Å². The molecule has 2 aromatic carbocycles. The third kappa shape index (κ3) is 3.66. The van der Waals surface area contributed by atoms with Crippen LogP contribution >= 0.6 is 11.6 Å². The molecule has 0 fully saturated rings. The standard InChI is InChI=1S/C18H19ClFNO/c1-4-17(14-7-5-11(2)9-12(14)3)21-18(22)15-8-6-13(19)10-16(15)20/h5-10,17H,4H2,1-3H3,(H,21,22)/t17-/m1/s1. The highest BCUT2D eigenvalue weighted by molar-refractivity contribution is 6.30. The SMILES string of the molecule is CC[C@@H](NC(=O)c1ccc(Cl)cc1F)c1ccc(C)cc1C. The van der Waals surface area contributed by atoms with E-state index < -0.39 is 11.7 Å². The van der Waals surface area contributed by atoms with Gasteiger partial charge in [-0.3, -0.25) is 4.79 Å². The fourth-order valence-corrected chi connectivity index (χ4v) is 2.68. The van der Waals surface area contributed by atoms with Gasteiger partial charge in [-0.2, -0.15) is 0 Å². The van der Waals surface area contributed by atoms with Gasteiger partial charge >= 0.3 is 0 Å². The zero-order valence-electron chi connectivity index (χ0n) is 12.9. The quantitative estimate of drug-likeness (QED) is 0.846. The lowest BCUT2D eigenvalue weighted by Crippen LogP contribution is -2.29. The van der Waals surface area contributed by atoms with Crippen LogP contribution in [0.25, 0.3) is 0 Å². The predicted octanol–water partition coefficient (Wildman–Crippen LogP) is 4.98. The predicted molar refractivity (Wildman–Crippen MR) is 87.8 cm³/mol. The molecule has 0 aromatic heterocycles. The molecule has 0 bridgehead atoms. The number of nitrogens with one attached hydrogen (secondary N) is 1. The third-order valence-corrected chi connectivity index (χ3v) is 3.93. The van der Waals surface area contributed by atoms with Gasteiger partial charge in [0.1, 0.15) is 5.82 Å². The Labute approximate surface area is 135 Å². The Hall–Kier alpha value is -1.87. The molecule has 2 rings (SSSR count). The van der Waals surface area contributed by atoms with Gasteiger partial charge in [-0.25, -0.2) is 4.39 Å². The van der Waals surface area contributed by atoms with Gasteiger partial charge in [0.05, 0.1) is 11.6 Å². The van der Waals surface area contributed by atoms with E-state index in [1.165, 1.54) is 17.7 Å². The van der Waals surface area contributed by atoms with E-state index in [0.717, 1.165) is 23.6 Å². The van der Waals surface area contributed by atoms with E-state index in [1.54, 1.807) is 0 Å². The zero-order chi connectivity index (χ0) is 16.3. The van der Waals surface area contributed by atoms with Gasteiger partial charge in [0.2, 0.25) is 0 Å². The van der Waals surface area contributed by atoms with Crippen LogP contribution in [0.4, 0.5) is 4.39 Å². The van der Waals surface area contributed by atoms with Crippen LogP contribution in [-0.4, -0.2) is 5.91 Å². The minimum Gasteiger partial charge on any atom is -0.345 e. The second-order valence-electron chi connectivity index (χ2n) is 5.42. The number of aryl methyl sites for hydroxylation is 2. The van der Waals surface area contributed by atoms with Crippen molar-refractivity contribution < 1.29 is 9.18 Å². The Bertz CT molecular complexity index is 699. The summed E-state index contributed by atoms with van der Waals surface area (Å²) < 4.78 is 13.8. The van der Waals surface area contributed by atoms with E-state index in [2.05, 4.69) is 11.4 Å². The second-order valence-corrected chi connectivity index (χ2v) is 5.85. The van der Waals surface area contributed by atoms with Crippen molar-refractivity contribution in [3.63, 3.8) is 0 Å². The maximum absolute atomic E-state index is 13.8. The highest BCUT2D eigenvalue weighted by Crippen LogP contribution is 2.23. The van der Waals surface area contributed by atoms with Crippen LogP contribution in [0, 0.1) is 19.7 Å². The van der Waals surface area contributed by atoms with Crippen molar-refractivity contribution in [1.29, 1.82) is 0 Å². The van der Waals surface area contributed by atoms with Gasteiger partial charge in [0.15, 0.2) is 0 Å². The molecule has 0 heterocycles. The van der Waals surface area contributed by atoms with Gasteiger partial charge in [-0.05, 0) is 49.6 Å². The monoisotopic (exact) mass is 319 g/mol. The normalized spacial score (nSPS) is 12.0. The summed E-state index contributed by atoms with van der Waals surface area (Å²) in [5.74, 6) is -1.04. The molecule has 4 heteroatoms. The van der Waals surface area contributed by atoms with Crippen molar-refractivity contribution in [3.8, 4) is 0 Å². The van der Waals surface area contributed by atoms with E-state index in [-0.39, 0.29) is 16.6 Å². The Morgan fingerprint density at radius 2 is 1.95 bits per heavy atom. The summed E-state index contributed by atoms with van der Waals surface area (Å²) >= 11 is 5.71. The molecule has 0 aliphatic rings. The number of halogens is 2. The van der Waals surface area contributed by atoms with Gasteiger partial charge < -0.3 is 5.32 Å². The molecule has 116 valence electrons. The molecule has 1 N–H and O–H groups in total. The first kappa shape index (κ1) is 16.5. The van der Waals surface area contributed by atoms with Gasteiger partial charge in [-0.15, -0.1) is 0 Å². The van der Waals surface area contributed by atoms with Crippen LogP contribution < -0.4 is 5.32 Å². The number of carbonyl (C=O) groups excluding carboxylic acids is 1. The Morgan fingerprint density at radius 1 is 1.23 bits per heavy atom. The molecule has 2 aromatic rings. The van der Waals surface area contributed by atoms with E-state index in [4.69, 9.17) is 11.6 Å². The highest BCUT2D eigenvalue weighted by Gasteiger charge is 2.18. The minimum atomic E-state index is -0.611. The summed E-state index contributed by atoms with van der Waals surface area (Å²) in [5.41, 5.74) is 3.35. The molecule has 0 saturated heterocycles. The summed E-state index contributed by atoms with van der Waals surface area (Å²) in [6, 6.07) is 10.0. The molecule has 2 nitrogen and oxygen atoms in total. The molecular formula is C18H19ClFNO. The van der Waals surface area contributed by atoms with Gasteiger partial charge in [0.25, 0.3) is 5.91 Å². The van der Waals surface area contributed by atoms with Crippen LogP contribution in [0.1, 0.15) is 46.4 Å². The number of amides is 1. The van der Waals surface area contributed by atoms with Crippen molar-refractivity contribution in [2.75, 3.05) is 0 Å². The lowest BCUT2D eigenvalue weighted by molar-refractivity contribution is 0.0931. The Balaban J connectivity index is 2.24. The highest BCUT2D eigenvalue weighted by atomic mass is 35.5. The Kier molecular flexibility index (Phi) is 5.19. The summed E-state index contributed by atoms with van der Waals surface area (Å²) in [6.07, 6.45) is 0.727. The van der Waals surface area contributed by atoms with Crippen LogP contribution in [0.5, 0.6) is 0 Å². The second kappa shape index (κ2) is 6.93. The summed E-state index contributed by atoms with van der Waals surface area (Å²) in [6.45, 7) is 6.03. The first-order valence-corrected chi connectivity index (χ1v) is 7.63. The molecular weight excluding hydrogens is 301 g/mol. The number of hydrogen-bond acceptors (Lipinski definition) is 1. The first-order valence-electron chi connectivity index (χ1n) is 7.25. The van der Waals surface area contributed by atoms with Crippen molar-refractivity contribution in [2.45, 2.75) is 33.2 Å². The van der Waals surface area contributed by atoms with Crippen LogP contribution in [-0.2, 0) is 0 Å². The van der Waals surface area contributed by atoms with Gasteiger partial charge in [0, 0.05) is 5.02 Å². The van der Waals surface area contributed by atoms with E-state index in [0.29, 0.717) is 0 Å². The maximum atomic E-state index is 13.8. The smallest absolute Gasteiger partial charge is 0.254 e. The average molecular weight is 320 g/mol. The Morgan fingerprint density at radius 3 is 2.55 bits per heavy atom. The first-order chi connectivity index (χ1) is 10.4. The zero-order valence-corrected chi connectivity index (χ0v) is 13.7. The molecule has 0 saturated carbocycles. The molecule has 1 amide bonds. The van der Waals surface area contributed by atoms with Crippen molar-refractivity contribution >= 4 is 17.5 Å². The van der Waals surface area contributed by atoms with Crippen molar-refractivity contribution in [3.05, 3.63) is 69.5 Å². The minimum absolute atomic E-state index is 0.00705. The molecule has 0 radical (unpaired) electrons. The lowest BCUT2D eigenvalue weighted by atomic mass is 9.97. The average Bonchev–Trinajstić information content (AvgIpc) is 2.45. The van der Waals surface area contributed by atoms with E-state index in [9.17, 15) is 9.18 Å². The van der Waals surface area contributed by atoms with Crippen molar-refractivity contribution in [2.24, 2.45) is 0 Å². The number of benzene rings is 2. The van der Waals surface area contributed by atoms with Crippen LogP contribution in [0.15, 0.2) is 36.4 Å². The molecule has 0 aliphatic carbocycles. The number of carbonyl (C=O) groups is 1. The molecule has 0 spiro atoms. The van der Waals surface area contributed by atoms with E-state index >= 15 is 0 Å². The summed E-state index contributed by atoms with van der Waals surface area (Å²) in [7, 11) is 0. The third-order valence-electron chi connectivity index (χ3n) is 3.69. The number of hydrogen-bond donors (Lipinski definition) is 1. The molecule has 1 atom stereocenters. The largest absolute Gasteiger partial charge is 0.345 e. The molecule has 0 aliphatic heterocycles. The fourth-order valence-electron chi connectivity index (χ4n) is 2.53. The van der Waals surface area contributed by atoms with Crippen molar-refractivity contribution in [1.82, 2.24) is 5.32 Å². The summed E-state index contributed by atoms with van der Waals surface area (Å²) in [4.78, 5) is 12.3. The lowest BCUT2D eigenvalue weighted by Gasteiger charge is -2.20. The maximum Gasteiger partial charge on any atom is 0.254 e. The molecule has 22 heavy (non-hydrogen) atoms. The van der Waals surface area contributed by atoms with Crippen LogP contribution in [0.2, 0.25) is 5.02 Å².